The normalized spacial score (nSPS) is 10.6. The van der Waals surface area contributed by atoms with E-state index in [1.807, 2.05) is 6.92 Å². The second kappa shape index (κ2) is 8.93. The highest BCUT2D eigenvalue weighted by Gasteiger charge is 2.11. The molecule has 4 aromatic rings. The van der Waals surface area contributed by atoms with Gasteiger partial charge in [-0.3, -0.25) is 4.98 Å². The lowest BCUT2D eigenvalue weighted by Gasteiger charge is -2.07. The fourth-order valence-electron chi connectivity index (χ4n) is 3.13. The molecule has 0 bridgehead atoms. The zero-order valence-electron chi connectivity index (χ0n) is 16.8. The van der Waals surface area contributed by atoms with Crippen LogP contribution in [-0.2, 0) is 0 Å². The van der Waals surface area contributed by atoms with Gasteiger partial charge in [0.1, 0.15) is 23.2 Å². The van der Waals surface area contributed by atoms with Crippen molar-refractivity contribution < 1.29 is 17.9 Å². The number of hydrogen-bond acceptors (Lipinski definition) is 2. The summed E-state index contributed by atoms with van der Waals surface area (Å²) < 4.78 is 48.0. The molecule has 0 saturated heterocycles. The summed E-state index contributed by atoms with van der Waals surface area (Å²) in [6.07, 6.45) is 2.40. The maximum absolute atomic E-state index is 14.6. The summed E-state index contributed by atoms with van der Waals surface area (Å²) in [4.78, 5) is 4.22. The topological polar surface area (TPSA) is 22.1 Å². The molecule has 2 nitrogen and oxygen atoms in total. The van der Waals surface area contributed by atoms with Crippen molar-refractivity contribution in [2.24, 2.45) is 0 Å². The minimum atomic E-state index is -0.765. The molecule has 31 heavy (non-hydrogen) atoms. The van der Waals surface area contributed by atoms with Crippen LogP contribution in [0.5, 0.6) is 5.75 Å². The van der Waals surface area contributed by atoms with Gasteiger partial charge in [0.15, 0.2) is 0 Å². The number of ether oxygens (including phenoxy) is 1. The second-order valence-electron chi connectivity index (χ2n) is 7.00. The van der Waals surface area contributed by atoms with Crippen molar-refractivity contribution in [3.8, 4) is 28.8 Å². The minimum absolute atomic E-state index is 0.314. The number of fused-ring (bicyclic) bond motifs is 1. The van der Waals surface area contributed by atoms with Crippen LogP contribution in [0.25, 0.3) is 22.0 Å². The Morgan fingerprint density at radius 3 is 2.29 bits per heavy atom. The van der Waals surface area contributed by atoms with Crippen molar-refractivity contribution >= 4 is 10.8 Å². The van der Waals surface area contributed by atoms with Gasteiger partial charge in [0.05, 0.1) is 24.1 Å². The number of halogens is 3. The fraction of sp³-hybridized carbons (Fsp3) is 0.115. The molecule has 1 heterocycles. The van der Waals surface area contributed by atoms with Crippen molar-refractivity contribution in [3.63, 3.8) is 0 Å². The highest BCUT2D eigenvalue weighted by molar-refractivity contribution is 5.84. The molecule has 0 aliphatic heterocycles. The number of aromatic nitrogens is 1. The molecule has 0 unspecified atom stereocenters. The van der Waals surface area contributed by atoms with Gasteiger partial charge in [0, 0.05) is 11.1 Å². The quantitative estimate of drug-likeness (QED) is 0.353. The first kappa shape index (κ1) is 20.5. The molecule has 4 rings (SSSR count). The maximum Gasteiger partial charge on any atom is 0.142 e. The molecule has 5 heteroatoms. The van der Waals surface area contributed by atoms with Crippen LogP contribution in [0, 0.1) is 29.3 Å². The number of benzene rings is 3. The molecule has 0 atom stereocenters. The smallest absolute Gasteiger partial charge is 0.142 e. The lowest BCUT2D eigenvalue weighted by molar-refractivity contribution is 0.316. The van der Waals surface area contributed by atoms with Crippen molar-refractivity contribution in [3.05, 3.63) is 95.4 Å². The van der Waals surface area contributed by atoms with Gasteiger partial charge < -0.3 is 4.74 Å². The molecule has 0 aliphatic carbocycles. The Labute approximate surface area is 178 Å². The predicted molar refractivity (Wildman–Crippen MR) is 115 cm³/mol. The molecule has 0 saturated carbocycles. The summed E-state index contributed by atoms with van der Waals surface area (Å²) >= 11 is 0. The van der Waals surface area contributed by atoms with E-state index in [4.69, 9.17) is 4.74 Å². The zero-order valence-corrected chi connectivity index (χ0v) is 16.8. The molecular formula is C26H18F3NO. The Morgan fingerprint density at radius 2 is 1.58 bits per heavy atom. The Morgan fingerprint density at radius 1 is 0.839 bits per heavy atom. The summed E-state index contributed by atoms with van der Waals surface area (Å²) in [6, 6.07) is 15.4. The van der Waals surface area contributed by atoms with E-state index in [1.165, 1.54) is 30.5 Å². The molecule has 0 spiro atoms. The van der Waals surface area contributed by atoms with Crippen LogP contribution >= 0.6 is 0 Å². The number of nitrogens with zero attached hydrogens (tertiary/aromatic N) is 1. The largest absolute Gasteiger partial charge is 0.492 e. The third-order valence-electron chi connectivity index (χ3n) is 4.68. The Balaban J connectivity index is 1.60. The van der Waals surface area contributed by atoms with Crippen LogP contribution in [-0.4, -0.2) is 11.6 Å². The molecule has 154 valence electrons. The fourth-order valence-corrected chi connectivity index (χ4v) is 3.13. The first-order chi connectivity index (χ1) is 15.0. The third kappa shape index (κ3) is 4.70. The van der Waals surface area contributed by atoms with Crippen molar-refractivity contribution in [1.29, 1.82) is 0 Å². The molecule has 0 radical (unpaired) electrons. The summed E-state index contributed by atoms with van der Waals surface area (Å²) in [5.74, 6) is 4.10. The highest BCUT2D eigenvalue weighted by Crippen LogP contribution is 2.24. The van der Waals surface area contributed by atoms with Crippen LogP contribution in [0.1, 0.15) is 24.5 Å². The molecule has 0 amide bonds. The van der Waals surface area contributed by atoms with Gasteiger partial charge in [0.25, 0.3) is 0 Å². The van der Waals surface area contributed by atoms with Crippen LogP contribution in [0.4, 0.5) is 13.2 Å². The monoisotopic (exact) mass is 417 g/mol. The van der Waals surface area contributed by atoms with Crippen molar-refractivity contribution in [1.82, 2.24) is 4.98 Å². The molecule has 0 fully saturated rings. The maximum atomic E-state index is 14.6. The van der Waals surface area contributed by atoms with E-state index < -0.39 is 11.6 Å². The van der Waals surface area contributed by atoms with Gasteiger partial charge in [-0.15, -0.1) is 0 Å². The summed E-state index contributed by atoms with van der Waals surface area (Å²) in [6.45, 7) is 2.57. The van der Waals surface area contributed by atoms with Crippen LogP contribution < -0.4 is 4.74 Å². The van der Waals surface area contributed by atoms with E-state index in [9.17, 15) is 13.2 Å². The van der Waals surface area contributed by atoms with E-state index in [0.717, 1.165) is 17.2 Å². The van der Waals surface area contributed by atoms with Gasteiger partial charge in [0.2, 0.25) is 0 Å². The Kier molecular flexibility index (Phi) is 5.90. The summed E-state index contributed by atoms with van der Waals surface area (Å²) in [5, 5.41) is 1.52. The SMILES string of the molecule is CCCOc1ccc(-c2cc(F)c(C#Cc3ccc4cc(F)ccc4c3)c(F)c2)nc1. The first-order valence-corrected chi connectivity index (χ1v) is 9.83. The van der Waals surface area contributed by atoms with Gasteiger partial charge in [-0.05, 0) is 65.7 Å². The van der Waals surface area contributed by atoms with Gasteiger partial charge >= 0.3 is 0 Å². The van der Waals surface area contributed by atoms with Gasteiger partial charge in [-0.1, -0.05) is 30.9 Å². The van der Waals surface area contributed by atoms with Crippen molar-refractivity contribution in [2.45, 2.75) is 13.3 Å². The first-order valence-electron chi connectivity index (χ1n) is 9.83. The average Bonchev–Trinajstić information content (AvgIpc) is 2.77. The van der Waals surface area contributed by atoms with Gasteiger partial charge in [-0.25, -0.2) is 13.2 Å². The van der Waals surface area contributed by atoms with Crippen molar-refractivity contribution in [2.75, 3.05) is 6.61 Å². The zero-order chi connectivity index (χ0) is 21.8. The van der Waals surface area contributed by atoms with Crippen LogP contribution in [0.3, 0.4) is 0 Å². The Bertz CT molecular complexity index is 1280. The third-order valence-corrected chi connectivity index (χ3v) is 4.68. The lowest BCUT2D eigenvalue weighted by atomic mass is 10.1. The summed E-state index contributed by atoms with van der Waals surface area (Å²) in [5.41, 5.74) is 1.01. The van der Waals surface area contributed by atoms with Gasteiger partial charge in [-0.2, -0.15) is 0 Å². The van der Waals surface area contributed by atoms with E-state index >= 15 is 0 Å². The highest BCUT2D eigenvalue weighted by atomic mass is 19.1. The van der Waals surface area contributed by atoms with Crippen LogP contribution in [0.15, 0.2) is 66.9 Å². The Hall–Kier alpha value is -3.78. The standard InChI is InChI=1S/C26H18F3NO/c1-2-11-31-22-8-10-26(30-16-22)20-14-24(28)23(25(29)15-20)9-4-17-3-5-19-13-21(27)7-6-18(19)12-17/h3,5-8,10,12-16H,2,11H2,1H3. The average molecular weight is 417 g/mol. The molecule has 3 aromatic carbocycles. The predicted octanol–water partition coefficient (Wildman–Crippen LogP) is 6.51. The lowest BCUT2D eigenvalue weighted by Crippen LogP contribution is -1.96. The second-order valence-corrected chi connectivity index (χ2v) is 7.00. The van der Waals surface area contributed by atoms with E-state index in [2.05, 4.69) is 16.8 Å². The number of pyridine rings is 1. The number of hydrogen-bond donors (Lipinski definition) is 0. The van der Waals surface area contributed by atoms with Crippen LogP contribution in [0.2, 0.25) is 0 Å². The number of rotatable bonds is 4. The molecule has 0 N–H and O–H groups in total. The van der Waals surface area contributed by atoms with E-state index in [-0.39, 0.29) is 11.4 Å². The summed E-state index contributed by atoms with van der Waals surface area (Å²) in [7, 11) is 0. The minimum Gasteiger partial charge on any atom is -0.492 e. The molecular weight excluding hydrogens is 399 g/mol. The van der Waals surface area contributed by atoms with E-state index in [0.29, 0.717) is 29.2 Å². The molecule has 0 aliphatic rings. The molecule has 1 aromatic heterocycles. The van der Waals surface area contributed by atoms with E-state index in [1.54, 1.807) is 36.4 Å².